The van der Waals surface area contributed by atoms with Gasteiger partial charge in [0.05, 0.1) is 5.69 Å². The summed E-state index contributed by atoms with van der Waals surface area (Å²) in [6.45, 7) is 13.5. The summed E-state index contributed by atoms with van der Waals surface area (Å²) in [5.74, 6) is 0.346. The Labute approximate surface area is 160 Å². The highest BCUT2D eigenvalue weighted by Crippen LogP contribution is 2.22. The van der Waals surface area contributed by atoms with E-state index in [2.05, 4.69) is 29.2 Å². The number of nitrogens with zero attached hydrogens (tertiary/aromatic N) is 3. The van der Waals surface area contributed by atoms with Gasteiger partial charge in [-0.1, -0.05) is 13.8 Å². The second-order valence-corrected chi connectivity index (χ2v) is 8.04. The SMILES string of the molecule is Cc1nn(-c2ccc(F)cc2F)c(C)c1CNCCN1C[C@H](C)C[C@@H](C)C1. The molecule has 148 valence electrons. The van der Waals surface area contributed by atoms with Gasteiger partial charge in [-0.05, 0) is 44.2 Å². The monoisotopic (exact) mass is 376 g/mol. The van der Waals surface area contributed by atoms with Crippen molar-refractivity contribution in [3.63, 3.8) is 0 Å². The van der Waals surface area contributed by atoms with Crippen LogP contribution in [0.3, 0.4) is 0 Å². The maximum absolute atomic E-state index is 14.1. The van der Waals surface area contributed by atoms with Gasteiger partial charge in [0.1, 0.15) is 11.5 Å². The van der Waals surface area contributed by atoms with Crippen LogP contribution in [0.5, 0.6) is 0 Å². The lowest BCUT2D eigenvalue weighted by atomic mass is 9.92. The van der Waals surface area contributed by atoms with E-state index in [0.717, 1.165) is 47.9 Å². The molecular weight excluding hydrogens is 346 g/mol. The standard InChI is InChI=1S/C21H30F2N4/c1-14-9-15(2)13-26(12-14)8-7-24-11-19-16(3)25-27(17(19)4)21-6-5-18(22)10-20(21)23/h5-6,10,14-15,24H,7-9,11-13H2,1-4H3/t14-,15-/m1/s1. The van der Waals surface area contributed by atoms with Crippen LogP contribution < -0.4 is 5.32 Å². The van der Waals surface area contributed by atoms with Crippen molar-refractivity contribution in [1.29, 1.82) is 0 Å². The van der Waals surface area contributed by atoms with Crippen molar-refractivity contribution in [2.45, 2.75) is 40.7 Å². The lowest BCUT2D eigenvalue weighted by Crippen LogP contribution is -2.42. The number of halogens is 2. The summed E-state index contributed by atoms with van der Waals surface area (Å²) in [5.41, 5.74) is 3.09. The molecule has 3 rings (SSSR count). The number of rotatable bonds is 6. The molecule has 0 aliphatic carbocycles. The number of likely N-dealkylation sites (tertiary alicyclic amines) is 1. The number of benzene rings is 1. The predicted molar refractivity (Wildman–Crippen MR) is 104 cm³/mol. The molecule has 0 amide bonds. The maximum Gasteiger partial charge on any atom is 0.151 e. The summed E-state index contributed by atoms with van der Waals surface area (Å²) in [7, 11) is 0. The Kier molecular flexibility index (Phi) is 6.27. The molecule has 0 spiro atoms. The molecule has 2 atom stereocenters. The van der Waals surface area contributed by atoms with Crippen LogP contribution in [0, 0.1) is 37.3 Å². The zero-order valence-corrected chi connectivity index (χ0v) is 16.7. The molecule has 1 fully saturated rings. The molecular formula is C21H30F2N4. The number of nitrogens with one attached hydrogen (secondary N) is 1. The van der Waals surface area contributed by atoms with Gasteiger partial charge in [0.25, 0.3) is 0 Å². The van der Waals surface area contributed by atoms with Gasteiger partial charge in [-0.15, -0.1) is 0 Å². The fraction of sp³-hybridized carbons (Fsp3) is 0.571. The third-order valence-corrected chi connectivity index (χ3v) is 5.43. The minimum atomic E-state index is -0.603. The summed E-state index contributed by atoms with van der Waals surface area (Å²) >= 11 is 0. The Balaban J connectivity index is 1.60. The number of piperidine rings is 1. The van der Waals surface area contributed by atoms with E-state index >= 15 is 0 Å². The van der Waals surface area contributed by atoms with Gasteiger partial charge in [0.2, 0.25) is 0 Å². The van der Waals surface area contributed by atoms with Gasteiger partial charge in [0, 0.05) is 50.0 Å². The predicted octanol–water partition coefficient (Wildman–Crippen LogP) is 3.83. The van der Waals surface area contributed by atoms with E-state index in [-0.39, 0.29) is 5.69 Å². The Morgan fingerprint density at radius 2 is 1.85 bits per heavy atom. The van der Waals surface area contributed by atoms with Crippen molar-refractivity contribution in [2.75, 3.05) is 26.2 Å². The van der Waals surface area contributed by atoms with Crippen molar-refractivity contribution >= 4 is 0 Å². The van der Waals surface area contributed by atoms with Crippen molar-refractivity contribution < 1.29 is 8.78 Å². The van der Waals surface area contributed by atoms with Crippen molar-refractivity contribution in [3.8, 4) is 5.69 Å². The van der Waals surface area contributed by atoms with E-state index in [1.807, 2.05) is 13.8 Å². The van der Waals surface area contributed by atoms with Crippen LogP contribution in [-0.4, -0.2) is 40.9 Å². The van der Waals surface area contributed by atoms with Gasteiger partial charge in [-0.2, -0.15) is 5.10 Å². The molecule has 1 N–H and O–H groups in total. The number of hydrogen-bond acceptors (Lipinski definition) is 3. The second-order valence-electron chi connectivity index (χ2n) is 8.04. The smallest absolute Gasteiger partial charge is 0.151 e. The highest BCUT2D eigenvalue weighted by atomic mass is 19.1. The molecule has 4 nitrogen and oxygen atoms in total. The van der Waals surface area contributed by atoms with Crippen LogP contribution in [0.1, 0.15) is 37.2 Å². The van der Waals surface area contributed by atoms with Crippen LogP contribution in [0.4, 0.5) is 8.78 Å². The van der Waals surface area contributed by atoms with Crippen molar-refractivity contribution in [1.82, 2.24) is 20.0 Å². The fourth-order valence-electron chi connectivity index (χ4n) is 4.24. The second kappa shape index (κ2) is 8.48. The van der Waals surface area contributed by atoms with Gasteiger partial charge in [-0.3, -0.25) is 0 Å². The fourth-order valence-corrected chi connectivity index (χ4v) is 4.24. The summed E-state index contributed by atoms with van der Waals surface area (Å²) in [5, 5.41) is 7.96. The number of hydrogen-bond donors (Lipinski definition) is 1. The molecule has 6 heteroatoms. The Morgan fingerprint density at radius 3 is 2.52 bits per heavy atom. The topological polar surface area (TPSA) is 33.1 Å². The quantitative estimate of drug-likeness (QED) is 0.778. The van der Waals surface area contributed by atoms with Crippen LogP contribution in [0.15, 0.2) is 18.2 Å². The zero-order valence-electron chi connectivity index (χ0n) is 16.7. The lowest BCUT2D eigenvalue weighted by Gasteiger charge is -2.34. The van der Waals surface area contributed by atoms with E-state index in [4.69, 9.17) is 0 Å². The van der Waals surface area contributed by atoms with Crippen LogP contribution in [0.2, 0.25) is 0 Å². The molecule has 1 saturated heterocycles. The molecule has 2 heterocycles. The average molecular weight is 376 g/mol. The Hall–Kier alpha value is -1.79. The molecule has 0 radical (unpaired) electrons. The maximum atomic E-state index is 14.1. The van der Waals surface area contributed by atoms with E-state index in [0.29, 0.717) is 6.54 Å². The molecule has 27 heavy (non-hydrogen) atoms. The summed E-state index contributed by atoms with van der Waals surface area (Å²) < 4.78 is 28.8. The van der Waals surface area contributed by atoms with E-state index in [1.54, 1.807) is 4.68 Å². The first-order chi connectivity index (χ1) is 12.8. The molecule has 1 aliphatic heterocycles. The minimum absolute atomic E-state index is 0.277. The first kappa shape index (κ1) is 20.0. The largest absolute Gasteiger partial charge is 0.311 e. The van der Waals surface area contributed by atoms with Gasteiger partial charge in [-0.25, -0.2) is 13.5 Å². The van der Waals surface area contributed by atoms with Gasteiger partial charge >= 0.3 is 0 Å². The molecule has 2 aromatic rings. The van der Waals surface area contributed by atoms with E-state index in [9.17, 15) is 8.78 Å². The van der Waals surface area contributed by atoms with E-state index in [1.165, 1.54) is 31.6 Å². The van der Waals surface area contributed by atoms with Gasteiger partial charge < -0.3 is 10.2 Å². The highest BCUT2D eigenvalue weighted by molar-refractivity contribution is 5.38. The first-order valence-corrected chi connectivity index (χ1v) is 9.78. The van der Waals surface area contributed by atoms with Crippen LogP contribution in [0.25, 0.3) is 5.69 Å². The average Bonchev–Trinajstić information content (AvgIpc) is 2.85. The highest BCUT2D eigenvalue weighted by Gasteiger charge is 2.21. The molecule has 1 aromatic heterocycles. The molecule has 0 bridgehead atoms. The lowest BCUT2D eigenvalue weighted by molar-refractivity contribution is 0.142. The number of aryl methyl sites for hydroxylation is 1. The molecule has 0 unspecified atom stereocenters. The third kappa shape index (κ3) is 4.74. The minimum Gasteiger partial charge on any atom is -0.311 e. The van der Waals surface area contributed by atoms with Crippen molar-refractivity contribution in [3.05, 3.63) is 46.8 Å². The molecule has 1 aromatic carbocycles. The summed E-state index contributed by atoms with van der Waals surface area (Å²) in [4.78, 5) is 2.53. The van der Waals surface area contributed by atoms with Crippen LogP contribution in [-0.2, 0) is 6.54 Å². The first-order valence-electron chi connectivity index (χ1n) is 9.78. The van der Waals surface area contributed by atoms with Crippen LogP contribution >= 0.6 is 0 Å². The molecule has 0 saturated carbocycles. The zero-order chi connectivity index (χ0) is 19.6. The van der Waals surface area contributed by atoms with Crippen molar-refractivity contribution in [2.24, 2.45) is 11.8 Å². The van der Waals surface area contributed by atoms with Gasteiger partial charge in [0.15, 0.2) is 5.82 Å². The Bertz CT molecular complexity index is 777. The van der Waals surface area contributed by atoms with E-state index < -0.39 is 11.6 Å². The summed E-state index contributed by atoms with van der Waals surface area (Å²) in [6, 6.07) is 3.58. The molecule has 1 aliphatic rings. The summed E-state index contributed by atoms with van der Waals surface area (Å²) in [6.07, 6.45) is 1.32. The normalized spacial score (nSPS) is 21.0. The third-order valence-electron chi connectivity index (χ3n) is 5.43. The Morgan fingerprint density at radius 1 is 1.15 bits per heavy atom. The number of aromatic nitrogens is 2.